The highest BCUT2D eigenvalue weighted by Crippen LogP contribution is 2.28. The van der Waals surface area contributed by atoms with Gasteiger partial charge < -0.3 is 11.1 Å². The maximum Gasteiger partial charge on any atom is 0.253 e. The molecule has 0 unspecified atom stereocenters. The van der Waals surface area contributed by atoms with E-state index in [0.29, 0.717) is 11.3 Å². The fourth-order valence-electron chi connectivity index (χ4n) is 1.88. The van der Waals surface area contributed by atoms with E-state index in [4.69, 9.17) is 5.73 Å². The van der Waals surface area contributed by atoms with E-state index < -0.39 is 0 Å². The number of nitrogens with zero attached hydrogens (tertiary/aromatic N) is 1. The Morgan fingerprint density at radius 2 is 2.38 bits per heavy atom. The quantitative estimate of drug-likeness (QED) is 0.808. The minimum absolute atomic E-state index is 0.0979. The Kier molecular flexibility index (Phi) is 3.39. The number of aromatic nitrogens is 1. The normalized spacial score (nSPS) is 15.5. The van der Waals surface area contributed by atoms with Gasteiger partial charge in [0.25, 0.3) is 5.91 Å². The highest BCUT2D eigenvalue weighted by Gasteiger charge is 2.17. The number of carbonyl (C=O) groups is 1. The van der Waals surface area contributed by atoms with Crippen molar-refractivity contribution in [3.8, 4) is 0 Å². The SMILES string of the molecule is Nc1cnccc1C(=O)NCCC1CCC1. The van der Waals surface area contributed by atoms with E-state index in [-0.39, 0.29) is 5.91 Å². The average Bonchev–Trinajstić information content (AvgIpc) is 2.22. The van der Waals surface area contributed by atoms with Crippen LogP contribution in [0.1, 0.15) is 36.0 Å². The van der Waals surface area contributed by atoms with Gasteiger partial charge >= 0.3 is 0 Å². The van der Waals surface area contributed by atoms with E-state index in [1.807, 2.05) is 0 Å². The first kappa shape index (κ1) is 10.9. The number of hydrogen-bond acceptors (Lipinski definition) is 3. The molecule has 1 saturated carbocycles. The number of amides is 1. The van der Waals surface area contributed by atoms with Crippen molar-refractivity contribution in [2.24, 2.45) is 5.92 Å². The molecule has 0 aromatic carbocycles. The van der Waals surface area contributed by atoms with Crippen LogP contribution in [0.4, 0.5) is 5.69 Å². The molecule has 1 amide bonds. The maximum atomic E-state index is 11.7. The second-order valence-corrected chi connectivity index (χ2v) is 4.30. The van der Waals surface area contributed by atoms with Crippen LogP contribution in [0, 0.1) is 5.92 Å². The predicted octanol–water partition coefficient (Wildman–Crippen LogP) is 1.58. The molecule has 4 nitrogen and oxygen atoms in total. The number of nitrogens with one attached hydrogen (secondary N) is 1. The fourth-order valence-corrected chi connectivity index (χ4v) is 1.88. The molecule has 1 heterocycles. The van der Waals surface area contributed by atoms with Crippen molar-refractivity contribution < 1.29 is 4.79 Å². The number of anilines is 1. The highest BCUT2D eigenvalue weighted by atomic mass is 16.1. The lowest BCUT2D eigenvalue weighted by molar-refractivity contribution is 0.0950. The van der Waals surface area contributed by atoms with Gasteiger partial charge in [0.05, 0.1) is 17.4 Å². The minimum atomic E-state index is -0.0979. The number of rotatable bonds is 4. The average molecular weight is 219 g/mol. The van der Waals surface area contributed by atoms with Gasteiger partial charge in [0.1, 0.15) is 0 Å². The third kappa shape index (κ3) is 2.51. The summed E-state index contributed by atoms with van der Waals surface area (Å²) in [7, 11) is 0. The predicted molar refractivity (Wildman–Crippen MR) is 62.9 cm³/mol. The Morgan fingerprint density at radius 1 is 1.56 bits per heavy atom. The van der Waals surface area contributed by atoms with Gasteiger partial charge in [-0.15, -0.1) is 0 Å². The van der Waals surface area contributed by atoms with Crippen molar-refractivity contribution >= 4 is 11.6 Å². The summed E-state index contributed by atoms with van der Waals surface area (Å²) < 4.78 is 0. The monoisotopic (exact) mass is 219 g/mol. The van der Waals surface area contributed by atoms with Crippen LogP contribution in [0.3, 0.4) is 0 Å². The third-order valence-electron chi connectivity index (χ3n) is 3.16. The Bertz CT molecular complexity index is 374. The molecule has 0 saturated heterocycles. The molecule has 2 rings (SSSR count). The van der Waals surface area contributed by atoms with Gasteiger partial charge in [-0.2, -0.15) is 0 Å². The third-order valence-corrected chi connectivity index (χ3v) is 3.16. The zero-order valence-electron chi connectivity index (χ0n) is 9.28. The van der Waals surface area contributed by atoms with Gasteiger partial charge in [0, 0.05) is 12.7 Å². The van der Waals surface area contributed by atoms with Gasteiger partial charge in [0.2, 0.25) is 0 Å². The Balaban J connectivity index is 1.81. The Hall–Kier alpha value is -1.58. The van der Waals surface area contributed by atoms with Crippen LogP contribution in [0.25, 0.3) is 0 Å². The molecule has 0 bridgehead atoms. The van der Waals surface area contributed by atoms with E-state index in [0.717, 1.165) is 18.9 Å². The molecule has 0 spiro atoms. The van der Waals surface area contributed by atoms with Crippen molar-refractivity contribution in [3.63, 3.8) is 0 Å². The lowest BCUT2D eigenvalue weighted by atomic mass is 9.83. The van der Waals surface area contributed by atoms with Crippen LogP contribution in [0.5, 0.6) is 0 Å². The summed E-state index contributed by atoms with van der Waals surface area (Å²) in [6.45, 7) is 0.741. The number of nitrogens with two attached hydrogens (primary N) is 1. The van der Waals surface area contributed by atoms with E-state index in [9.17, 15) is 4.79 Å². The molecule has 16 heavy (non-hydrogen) atoms. The molecule has 1 aromatic heterocycles. The number of nitrogen functional groups attached to an aromatic ring is 1. The first-order chi connectivity index (χ1) is 7.77. The molecule has 3 N–H and O–H groups in total. The molecule has 0 radical (unpaired) electrons. The summed E-state index contributed by atoms with van der Waals surface area (Å²) >= 11 is 0. The number of carbonyl (C=O) groups excluding carboxylic acids is 1. The Morgan fingerprint density at radius 3 is 3.00 bits per heavy atom. The van der Waals surface area contributed by atoms with Crippen LogP contribution in [-0.4, -0.2) is 17.4 Å². The number of hydrogen-bond donors (Lipinski definition) is 2. The van der Waals surface area contributed by atoms with E-state index in [2.05, 4.69) is 10.3 Å². The summed E-state index contributed by atoms with van der Waals surface area (Å²) in [5.41, 5.74) is 6.62. The van der Waals surface area contributed by atoms with Crippen LogP contribution >= 0.6 is 0 Å². The first-order valence-corrected chi connectivity index (χ1v) is 5.75. The molecule has 1 aromatic rings. The van der Waals surface area contributed by atoms with E-state index >= 15 is 0 Å². The molecule has 0 atom stereocenters. The molecular formula is C12H17N3O. The standard InChI is InChI=1S/C12H17N3O/c13-11-8-14-6-5-10(11)12(16)15-7-4-9-2-1-3-9/h5-6,8-9H,1-4,7,13H2,(H,15,16). The van der Waals surface area contributed by atoms with Gasteiger partial charge in [-0.05, 0) is 18.4 Å². The molecule has 0 aliphatic heterocycles. The van der Waals surface area contributed by atoms with Crippen molar-refractivity contribution in [2.45, 2.75) is 25.7 Å². The zero-order valence-corrected chi connectivity index (χ0v) is 9.28. The van der Waals surface area contributed by atoms with Crippen molar-refractivity contribution in [2.75, 3.05) is 12.3 Å². The smallest absolute Gasteiger partial charge is 0.253 e. The lowest BCUT2D eigenvalue weighted by Crippen LogP contribution is -2.28. The molecular weight excluding hydrogens is 202 g/mol. The molecule has 86 valence electrons. The topological polar surface area (TPSA) is 68.0 Å². The maximum absolute atomic E-state index is 11.7. The summed E-state index contributed by atoms with van der Waals surface area (Å²) in [5.74, 6) is 0.717. The van der Waals surface area contributed by atoms with Crippen LogP contribution in [0.2, 0.25) is 0 Å². The summed E-state index contributed by atoms with van der Waals surface area (Å²) in [6.07, 6.45) is 8.13. The van der Waals surface area contributed by atoms with Gasteiger partial charge in [-0.25, -0.2) is 0 Å². The molecule has 1 fully saturated rings. The molecule has 4 heteroatoms. The van der Waals surface area contributed by atoms with Crippen molar-refractivity contribution in [1.29, 1.82) is 0 Å². The van der Waals surface area contributed by atoms with Crippen LogP contribution < -0.4 is 11.1 Å². The van der Waals surface area contributed by atoms with Gasteiger partial charge in [-0.1, -0.05) is 19.3 Å². The second-order valence-electron chi connectivity index (χ2n) is 4.30. The van der Waals surface area contributed by atoms with Crippen molar-refractivity contribution in [1.82, 2.24) is 10.3 Å². The highest BCUT2D eigenvalue weighted by molar-refractivity contribution is 5.98. The fraction of sp³-hybridized carbons (Fsp3) is 0.500. The van der Waals surface area contributed by atoms with E-state index in [1.54, 1.807) is 12.3 Å². The summed E-state index contributed by atoms with van der Waals surface area (Å²) in [5, 5.41) is 2.89. The summed E-state index contributed by atoms with van der Waals surface area (Å²) in [6, 6.07) is 1.65. The summed E-state index contributed by atoms with van der Waals surface area (Å²) in [4.78, 5) is 15.6. The largest absolute Gasteiger partial charge is 0.397 e. The van der Waals surface area contributed by atoms with Crippen LogP contribution in [0.15, 0.2) is 18.5 Å². The lowest BCUT2D eigenvalue weighted by Gasteiger charge is -2.25. The van der Waals surface area contributed by atoms with Gasteiger partial charge in [0.15, 0.2) is 0 Å². The van der Waals surface area contributed by atoms with Crippen LogP contribution in [-0.2, 0) is 0 Å². The second kappa shape index (κ2) is 4.96. The Labute approximate surface area is 95.3 Å². The first-order valence-electron chi connectivity index (χ1n) is 5.75. The van der Waals surface area contributed by atoms with Crippen molar-refractivity contribution in [3.05, 3.63) is 24.0 Å². The zero-order chi connectivity index (χ0) is 11.4. The number of pyridine rings is 1. The molecule has 1 aliphatic rings. The van der Waals surface area contributed by atoms with E-state index in [1.165, 1.54) is 25.5 Å². The molecule has 1 aliphatic carbocycles. The minimum Gasteiger partial charge on any atom is -0.397 e. The van der Waals surface area contributed by atoms with Gasteiger partial charge in [-0.3, -0.25) is 9.78 Å².